The Labute approximate surface area is 194 Å². The van der Waals surface area contributed by atoms with Crippen molar-refractivity contribution in [1.82, 2.24) is 10.6 Å². The first kappa shape index (κ1) is 23.6. The zero-order valence-electron chi connectivity index (χ0n) is 17.2. The minimum absolute atomic E-state index is 0.0805. The molecule has 2 aliphatic rings. The molecule has 0 spiro atoms. The van der Waals surface area contributed by atoms with Gasteiger partial charge < -0.3 is 34.3 Å². The number of nitrogens with one attached hydrogen (secondary N) is 2. The number of carbonyl (C=O) groups is 3. The molecule has 0 amide bonds. The summed E-state index contributed by atoms with van der Waals surface area (Å²) < 4.78 is 25.2. The lowest BCUT2D eigenvalue weighted by atomic mass is 9.94. The summed E-state index contributed by atoms with van der Waals surface area (Å²) in [4.78, 5) is 36.3. The zero-order chi connectivity index (χ0) is 23.3. The molecule has 172 valence electrons. The van der Waals surface area contributed by atoms with Crippen LogP contribution in [0.4, 0.5) is 9.59 Å². The topological polar surface area (TPSA) is 121 Å². The summed E-state index contributed by atoms with van der Waals surface area (Å²) in [6, 6.07) is 6.21. The number of esters is 1. The van der Waals surface area contributed by atoms with Gasteiger partial charge in [-0.1, -0.05) is 23.7 Å². The van der Waals surface area contributed by atoms with Gasteiger partial charge in [0.15, 0.2) is 17.3 Å². The van der Waals surface area contributed by atoms with Gasteiger partial charge in [-0.15, -0.1) is 0 Å². The van der Waals surface area contributed by atoms with E-state index in [-0.39, 0.29) is 23.9 Å². The van der Waals surface area contributed by atoms with Crippen molar-refractivity contribution < 1.29 is 38.1 Å². The molecule has 3 atom stereocenters. The molecule has 0 aliphatic carbocycles. The van der Waals surface area contributed by atoms with E-state index in [9.17, 15) is 14.4 Å². The van der Waals surface area contributed by atoms with Crippen LogP contribution in [-0.2, 0) is 34.9 Å². The van der Waals surface area contributed by atoms with Crippen LogP contribution in [-0.4, -0.2) is 62.0 Å². The Kier molecular flexibility index (Phi) is 7.75. The molecule has 32 heavy (non-hydrogen) atoms. The van der Waals surface area contributed by atoms with E-state index < -0.39 is 36.5 Å². The van der Waals surface area contributed by atoms with Gasteiger partial charge in [0.05, 0.1) is 19.3 Å². The second kappa shape index (κ2) is 10.5. The van der Waals surface area contributed by atoms with E-state index in [1.165, 1.54) is 0 Å². The first-order valence-electron chi connectivity index (χ1n) is 9.56. The Morgan fingerprint density at radius 3 is 2.81 bits per heavy atom. The Morgan fingerprint density at radius 2 is 2.16 bits per heavy atom. The monoisotopic (exact) mass is 484 g/mol. The fourth-order valence-corrected chi connectivity index (χ4v) is 3.79. The number of methoxy groups -OCH3 is 1. The lowest BCUT2D eigenvalue weighted by Crippen LogP contribution is -2.59. The fourth-order valence-electron chi connectivity index (χ4n) is 3.30. The van der Waals surface area contributed by atoms with Gasteiger partial charge in [0, 0.05) is 17.1 Å². The van der Waals surface area contributed by atoms with Crippen LogP contribution in [0.2, 0.25) is 5.02 Å². The zero-order valence-corrected chi connectivity index (χ0v) is 18.8. The molecule has 3 unspecified atom stereocenters. The molecule has 0 saturated carbocycles. The smallest absolute Gasteiger partial charge is 0.462 e. The van der Waals surface area contributed by atoms with Crippen molar-refractivity contribution >= 4 is 47.2 Å². The maximum atomic E-state index is 13.0. The fraction of sp³-hybridized carbons (Fsp3) is 0.400. The predicted octanol–water partition coefficient (Wildman–Crippen LogP) is 2.23. The van der Waals surface area contributed by atoms with E-state index in [0.29, 0.717) is 17.1 Å². The Balaban J connectivity index is 1.79. The normalized spacial score (nSPS) is 21.0. The van der Waals surface area contributed by atoms with Crippen LogP contribution in [0.5, 0.6) is 0 Å². The van der Waals surface area contributed by atoms with Crippen LogP contribution in [0.15, 0.2) is 35.5 Å². The molecule has 12 heteroatoms. The first-order valence-corrected chi connectivity index (χ1v) is 10.3. The van der Waals surface area contributed by atoms with Crippen molar-refractivity contribution in [3.8, 4) is 0 Å². The maximum absolute atomic E-state index is 13.0. The Hall–Kier alpha value is -3.05. The third-order valence-corrected chi connectivity index (χ3v) is 5.20. The third-order valence-electron chi connectivity index (χ3n) is 4.74. The van der Waals surface area contributed by atoms with Crippen molar-refractivity contribution in [2.75, 3.05) is 20.3 Å². The highest BCUT2D eigenvalue weighted by Crippen LogP contribution is 2.25. The lowest BCUT2D eigenvalue weighted by Gasteiger charge is -2.35. The number of hydrogen-bond acceptors (Lipinski definition) is 9. The number of thiocarbonyl (C=S) groups is 1. The summed E-state index contributed by atoms with van der Waals surface area (Å²) in [5, 5.41) is 6.50. The molecule has 1 fully saturated rings. The highest BCUT2D eigenvalue weighted by Gasteiger charge is 2.46. The summed E-state index contributed by atoms with van der Waals surface area (Å²) >= 11 is 11.2. The van der Waals surface area contributed by atoms with Crippen LogP contribution in [0.1, 0.15) is 12.5 Å². The number of halogens is 1. The number of allylic oxidation sites excluding steroid dienone is 1. The molecule has 2 aliphatic heterocycles. The summed E-state index contributed by atoms with van der Waals surface area (Å²) in [6.45, 7) is 1.52. The van der Waals surface area contributed by atoms with Crippen LogP contribution in [0, 0.1) is 0 Å². The highest BCUT2D eigenvalue weighted by atomic mass is 35.5. The van der Waals surface area contributed by atoms with Crippen molar-refractivity contribution in [3.05, 3.63) is 46.1 Å². The number of hydrogen-bond donors (Lipinski definition) is 2. The van der Waals surface area contributed by atoms with Gasteiger partial charge in [-0.3, -0.25) is 0 Å². The number of benzene rings is 1. The van der Waals surface area contributed by atoms with Crippen molar-refractivity contribution in [1.29, 1.82) is 0 Å². The SMILES string of the molecule is COC(=O)OC(C1COC(=O)O1)C1NC(=S)NC(C)=C1C(=O)OCCc1cccc(Cl)c1. The number of cyclic esters (lactones) is 2. The average molecular weight is 485 g/mol. The van der Waals surface area contributed by atoms with Crippen LogP contribution in [0.25, 0.3) is 0 Å². The van der Waals surface area contributed by atoms with Gasteiger partial charge in [-0.25, -0.2) is 14.4 Å². The van der Waals surface area contributed by atoms with E-state index >= 15 is 0 Å². The van der Waals surface area contributed by atoms with Gasteiger partial charge in [0.25, 0.3) is 0 Å². The molecule has 1 saturated heterocycles. The number of carbonyl (C=O) groups excluding carboxylic acids is 3. The van der Waals surface area contributed by atoms with E-state index in [2.05, 4.69) is 15.4 Å². The summed E-state index contributed by atoms with van der Waals surface area (Å²) in [5.74, 6) is -0.666. The number of ether oxygens (including phenoxy) is 5. The summed E-state index contributed by atoms with van der Waals surface area (Å²) in [7, 11) is 1.13. The van der Waals surface area contributed by atoms with Gasteiger partial charge in [0.1, 0.15) is 12.6 Å². The van der Waals surface area contributed by atoms with E-state index in [1.807, 2.05) is 6.07 Å². The van der Waals surface area contributed by atoms with Crippen LogP contribution >= 0.6 is 23.8 Å². The summed E-state index contributed by atoms with van der Waals surface area (Å²) in [6.07, 6.45) is -3.69. The molecule has 2 heterocycles. The van der Waals surface area contributed by atoms with Crippen LogP contribution in [0.3, 0.4) is 0 Å². The minimum atomic E-state index is -1.18. The highest BCUT2D eigenvalue weighted by molar-refractivity contribution is 7.80. The van der Waals surface area contributed by atoms with Gasteiger partial charge in [-0.05, 0) is 36.8 Å². The molecule has 10 nitrogen and oxygen atoms in total. The molecule has 3 rings (SSSR count). The molecule has 0 bridgehead atoms. The second-order valence-corrected chi connectivity index (χ2v) is 7.73. The lowest BCUT2D eigenvalue weighted by molar-refractivity contribution is -0.140. The minimum Gasteiger partial charge on any atom is -0.462 e. The Morgan fingerprint density at radius 1 is 1.38 bits per heavy atom. The van der Waals surface area contributed by atoms with Gasteiger partial charge in [-0.2, -0.15) is 0 Å². The maximum Gasteiger partial charge on any atom is 0.508 e. The molecular formula is C20H21ClN2O8S. The Bertz CT molecular complexity index is 953. The predicted molar refractivity (Wildman–Crippen MR) is 115 cm³/mol. The van der Waals surface area contributed by atoms with E-state index in [1.54, 1.807) is 25.1 Å². The van der Waals surface area contributed by atoms with Crippen LogP contribution < -0.4 is 10.6 Å². The second-order valence-electron chi connectivity index (χ2n) is 6.88. The number of rotatable bonds is 7. The standard InChI is InChI=1S/C20H21ClN2O8S/c1-10-14(17(24)28-7-6-11-4-3-5-12(21)8-11)15(23-18(32)22-10)16(31-19(25)27-2)13-9-29-20(26)30-13/h3-5,8,13,15-16H,6-7,9H2,1-2H3,(H2,22,23,32). The van der Waals surface area contributed by atoms with E-state index in [4.69, 9.17) is 42.8 Å². The average Bonchev–Trinajstić information content (AvgIpc) is 3.17. The molecular weight excluding hydrogens is 464 g/mol. The molecule has 1 aromatic rings. The molecule has 2 N–H and O–H groups in total. The molecule has 0 aromatic heterocycles. The van der Waals surface area contributed by atoms with E-state index in [0.717, 1.165) is 12.7 Å². The third kappa shape index (κ3) is 5.80. The van der Waals surface area contributed by atoms with Crippen molar-refractivity contribution in [2.24, 2.45) is 0 Å². The molecule has 1 aromatic carbocycles. The molecule has 0 radical (unpaired) electrons. The summed E-state index contributed by atoms with van der Waals surface area (Å²) in [5.41, 5.74) is 1.42. The first-order chi connectivity index (χ1) is 15.3. The van der Waals surface area contributed by atoms with Gasteiger partial charge in [0.2, 0.25) is 0 Å². The quantitative estimate of drug-likeness (QED) is 0.336. The van der Waals surface area contributed by atoms with Gasteiger partial charge >= 0.3 is 18.3 Å². The van der Waals surface area contributed by atoms with Crippen molar-refractivity contribution in [2.45, 2.75) is 31.6 Å². The largest absolute Gasteiger partial charge is 0.508 e. The van der Waals surface area contributed by atoms with Crippen molar-refractivity contribution in [3.63, 3.8) is 0 Å².